The number of hydrogen-bond acceptors (Lipinski definition) is 5. The van der Waals surface area contributed by atoms with E-state index in [9.17, 15) is 4.79 Å². The van der Waals surface area contributed by atoms with Crippen LogP contribution in [0.5, 0.6) is 0 Å². The molecule has 0 saturated heterocycles. The molecule has 21 heavy (non-hydrogen) atoms. The average molecular weight is 293 g/mol. The quantitative estimate of drug-likeness (QED) is 0.451. The van der Waals surface area contributed by atoms with Crippen LogP contribution in [0.2, 0.25) is 0 Å². The number of nitrogens with one attached hydrogen (secondary N) is 1. The molecule has 0 radical (unpaired) electrons. The van der Waals surface area contributed by atoms with Crippen LogP contribution in [-0.4, -0.2) is 47.3 Å². The van der Waals surface area contributed by atoms with Crippen LogP contribution < -0.4 is 5.48 Å². The van der Waals surface area contributed by atoms with Gasteiger partial charge in [-0.25, -0.2) is 5.48 Å². The summed E-state index contributed by atoms with van der Waals surface area (Å²) in [7, 11) is 0. The van der Waals surface area contributed by atoms with E-state index in [4.69, 9.17) is 9.94 Å². The lowest BCUT2D eigenvalue weighted by Gasteiger charge is -2.28. The molecular formula is C15H23N3O3. The van der Waals surface area contributed by atoms with Gasteiger partial charge in [0.1, 0.15) is 0 Å². The van der Waals surface area contributed by atoms with Crippen LogP contribution in [0.4, 0.5) is 0 Å². The molecule has 1 aliphatic rings. The molecule has 0 bridgehead atoms. The van der Waals surface area contributed by atoms with Crippen molar-refractivity contribution in [1.82, 2.24) is 15.4 Å². The number of carbonyl (C=O) groups excluding carboxylic acids is 1. The molecule has 0 unspecified atom stereocenters. The Labute approximate surface area is 125 Å². The van der Waals surface area contributed by atoms with E-state index in [2.05, 4.69) is 16.8 Å². The van der Waals surface area contributed by atoms with E-state index in [0.29, 0.717) is 5.56 Å². The second-order valence-electron chi connectivity index (χ2n) is 5.26. The molecule has 0 spiro atoms. The first kappa shape index (κ1) is 15.9. The number of fused-ring (bicyclic) bond motifs is 1. The number of hydrogen-bond donors (Lipinski definition) is 2. The predicted molar refractivity (Wildman–Crippen MR) is 78.2 cm³/mol. The first-order chi connectivity index (χ1) is 10.2. The predicted octanol–water partition coefficient (Wildman–Crippen LogP) is 1.38. The summed E-state index contributed by atoms with van der Waals surface area (Å²) in [6.45, 7) is 6.33. The van der Waals surface area contributed by atoms with Crippen LogP contribution in [0.25, 0.3) is 0 Å². The van der Waals surface area contributed by atoms with Crippen LogP contribution >= 0.6 is 0 Å². The fourth-order valence-electron chi connectivity index (χ4n) is 2.41. The Morgan fingerprint density at radius 2 is 2.38 bits per heavy atom. The van der Waals surface area contributed by atoms with E-state index in [0.717, 1.165) is 63.4 Å². The van der Waals surface area contributed by atoms with E-state index in [1.54, 1.807) is 11.5 Å². The molecule has 0 aliphatic carbocycles. The number of unbranched alkanes of at least 4 members (excludes halogenated alkanes) is 1. The Hall–Kier alpha value is -1.50. The lowest BCUT2D eigenvalue weighted by molar-refractivity contribution is 0.0705. The highest BCUT2D eigenvalue weighted by Crippen LogP contribution is 2.18. The van der Waals surface area contributed by atoms with Gasteiger partial charge in [-0.15, -0.1) is 0 Å². The zero-order valence-electron chi connectivity index (χ0n) is 12.5. The highest BCUT2D eigenvalue weighted by atomic mass is 16.5. The maximum Gasteiger partial charge on any atom is 0.276 e. The van der Waals surface area contributed by atoms with Crippen LogP contribution in [0, 0.1) is 0 Å². The number of rotatable bonds is 7. The van der Waals surface area contributed by atoms with E-state index >= 15 is 0 Å². The molecule has 0 atom stereocenters. The third kappa shape index (κ3) is 4.49. The largest absolute Gasteiger partial charge is 0.380 e. The van der Waals surface area contributed by atoms with Gasteiger partial charge in [-0.05, 0) is 18.1 Å². The number of amides is 1. The lowest BCUT2D eigenvalue weighted by atomic mass is 10.0. The summed E-state index contributed by atoms with van der Waals surface area (Å²) in [5, 5.41) is 8.68. The van der Waals surface area contributed by atoms with Crippen molar-refractivity contribution in [3.05, 3.63) is 29.1 Å². The minimum atomic E-state index is -0.523. The first-order valence-electron chi connectivity index (χ1n) is 7.47. The summed E-state index contributed by atoms with van der Waals surface area (Å²) in [5.74, 6) is -0.523. The van der Waals surface area contributed by atoms with Crippen molar-refractivity contribution in [3.63, 3.8) is 0 Å². The van der Waals surface area contributed by atoms with Gasteiger partial charge in [0.05, 0.1) is 12.2 Å². The minimum absolute atomic E-state index is 0.386. The van der Waals surface area contributed by atoms with Gasteiger partial charge in [-0.2, -0.15) is 0 Å². The summed E-state index contributed by atoms with van der Waals surface area (Å²) < 4.78 is 5.59. The third-order valence-corrected chi connectivity index (χ3v) is 3.68. The summed E-state index contributed by atoms with van der Waals surface area (Å²) in [6, 6.07) is 1.80. The van der Waals surface area contributed by atoms with Crippen LogP contribution in [0.3, 0.4) is 0 Å². The summed E-state index contributed by atoms with van der Waals surface area (Å²) >= 11 is 0. The number of hydroxylamine groups is 1. The molecule has 0 fully saturated rings. The van der Waals surface area contributed by atoms with Gasteiger partial charge >= 0.3 is 0 Å². The van der Waals surface area contributed by atoms with Crippen LogP contribution in [-0.2, 0) is 17.7 Å². The zero-order valence-corrected chi connectivity index (χ0v) is 12.5. The topological polar surface area (TPSA) is 74.7 Å². The number of pyridine rings is 1. The van der Waals surface area contributed by atoms with Crippen molar-refractivity contribution in [2.75, 3.05) is 26.3 Å². The third-order valence-electron chi connectivity index (χ3n) is 3.68. The van der Waals surface area contributed by atoms with Gasteiger partial charge in [-0.3, -0.25) is 19.9 Å². The number of nitrogens with zero attached hydrogens (tertiary/aromatic N) is 2. The molecule has 1 aromatic heterocycles. The SMILES string of the molecule is CCCCOCCN1CCc2ncc(C(=O)NO)cc2C1. The fraction of sp³-hybridized carbons (Fsp3) is 0.600. The highest BCUT2D eigenvalue weighted by Gasteiger charge is 2.18. The fourth-order valence-corrected chi connectivity index (χ4v) is 2.41. The van der Waals surface area contributed by atoms with Crippen molar-refractivity contribution in [1.29, 1.82) is 0 Å². The Bertz CT molecular complexity index is 479. The van der Waals surface area contributed by atoms with Crippen LogP contribution in [0.1, 0.15) is 41.4 Å². The molecule has 6 nitrogen and oxygen atoms in total. The maximum absolute atomic E-state index is 11.4. The van der Waals surface area contributed by atoms with E-state index < -0.39 is 5.91 Å². The van der Waals surface area contributed by atoms with E-state index in [-0.39, 0.29) is 0 Å². The molecule has 6 heteroatoms. The van der Waals surface area contributed by atoms with E-state index in [1.807, 2.05) is 0 Å². The summed E-state index contributed by atoms with van der Waals surface area (Å²) in [4.78, 5) is 18.0. The molecule has 2 rings (SSSR count). The van der Waals surface area contributed by atoms with Crippen molar-refractivity contribution in [2.45, 2.75) is 32.7 Å². The van der Waals surface area contributed by atoms with Gasteiger partial charge in [0.15, 0.2) is 0 Å². The molecule has 1 amide bonds. The molecule has 2 heterocycles. The number of aromatic nitrogens is 1. The van der Waals surface area contributed by atoms with Gasteiger partial charge in [0.2, 0.25) is 0 Å². The zero-order chi connectivity index (χ0) is 15.1. The first-order valence-corrected chi connectivity index (χ1v) is 7.47. The van der Waals surface area contributed by atoms with E-state index in [1.165, 1.54) is 6.20 Å². The number of carbonyl (C=O) groups is 1. The summed E-state index contributed by atoms with van der Waals surface area (Å²) in [6.07, 6.45) is 4.64. The van der Waals surface area contributed by atoms with Gasteiger partial charge in [-0.1, -0.05) is 13.3 Å². The maximum atomic E-state index is 11.4. The molecule has 1 aromatic rings. The van der Waals surface area contributed by atoms with Gasteiger partial charge < -0.3 is 4.74 Å². The van der Waals surface area contributed by atoms with Crippen molar-refractivity contribution < 1.29 is 14.7 Å². The molecule has 0 aromatic carbocycles. The Balaban J connectivity index is 1.88. The van der Waals surface area contributed by atoms with Gasteiger partial charge in [0, 0.05) is 44.6 Å². The second kappa shape index (κ2) is 8.07. The van der Waals surface area contributed by atoms with Crippen molar-refractivity contribution >= 4 is 5.91 Å². The average Bonchev–Trinajstić information content (AvgIpc) is 2.53. The molecule has 1 aliphatic heterocycles. The minimum Gasteiger partial charge on any atom is -0.380 e. The van der Waals surface area contributed by atoms with Crippen molar-refractivity contribution in [2.24, 2.45) is 0 Å². The smallest absolute Gasteiger partial charge is 0.276 e. The molecule has 116 valence electrons. The Kier molecular flexibility index (Phi) is 6.10. The van der Waals surface area contributed by atoms with Crippen LogP contribution in [0.15, 0.2) is 12.3 Å². The Morgan fingerprint density at radius 1 is 1.52 bits per heavy atom. The number of ether oxygens (including phenoxy) is 1. The second-order valence-corrected chi connectivity index (χ2v) is 5.26. The highest BCUT2D eigenvalue weighted by molar-refractivity contribution is 5.93. The summed E-state index contributed by atoms with van der Waals surface area (Å²) in [5.41, 5.74) is 4.11. The molecule has 0 saturated carbocycles. The molecule has 2 N–H and O–H groups in total. The van der Waals surface area contributed by atoms with Gasteiger partial charge in [0.25, 0.3) is 5.91 Å². The normalized spacial score (nSPS) is 14.8. The van der Waals surface area contributed by atoms with Crippen molar-refractivity contribution in [3.8, 4) is 0 Å². The molecular weight excluding hydrogens is 270 g/mol. The lowest BCUT2D eigenvalue weighted by Crippen LogP contribution is -2.34. The Morgan fingerprint density at radius 3 is 3.14 bits per heavy atom. The standard InChI is InChI=1S/C15H23N3O3/c1-2-3-7-21-8-6-18-5-4-14-13(11-18)9-12(10-16-14)15(19)17-20/h9-10,20H,2-8,11H2,1H3,(H,17,19). The monoisotopic (exact) mass is 293 g/mol.